The Morgan fingerprint density at radius 3 is 2.86 bits per heavy atom. The third-order valence-corrected chi connectivity index (χ3v) is 4.29. The number of aryl methyl sites for hydroxylation is 2. The molecule has 1 aromatic carbocycles. The van der Waals surface area contributed by atoms with E-state index >= 15 is 0 Å². The summed E-state index contributed by atoms with van der Waals surface area (Å²) in [7, 11) is 0. The number of hydrogen-bond donors (Lipinski definition) is 1. The van der Waals surface area contributed by atoms with E-state index in [0.29, 0.717) is 5.56 Å². The van der Waals surface area contributed by atoms with Crippen LogP contribution in [0.4, 0.5) is 0 Å². The number of hydrazone groups is 1. The molecule has 0 aliphatic carbocycles. The molecule has 0 unspecified atom stereocenters. The molecule has 5 heteroatoms. The van der Waals surface area contributed by atoms with Gasteiger partial charge in [0.15, 0.2) is 0 Å². The molecule has 2 heterocycles. The van der Waals surface area contributed by atoms with E-state index in [1.807, 2.05) is 49.6 Å². The molecule has 3 aromatic rings. The van der Waals surface area contributed by atoms with Gasteiger partial charge in [-0.05, 0) is 43.0 Å². The summed E-state index contributed by atoms with van der Waals surface area (Å²) in [6.07, 6.45) is 1.67. The van der Waals surface area contributed by atoms with Gasteiger partial charge in [0.1, 0.15) is 0 Å². The summed E-state index contributed by atoms with van der Waals surface area (Å²) in [5.74, 6) is -0.229. The lowest BCUT2D eigenvalue weighted by Crippen LogP contribution is -2.18. The SMILES string of the molecule is Cc1cc(C(=O)N/N=C/c2sccc2C)c2ccccc2n1. The minimum atomic E-state index is -0.229. The monoisotopic (exact) mass is 309 g/mol. The average molecular weight is 309 g/mol. The third kappa shape index (κ3) is 2.89. The van der Waals surface area contributed by atoms with Crippen molar-refractivity contribution in [2.24, 2.45) is 5.10 Å². The minimum Gasteiger partial charge on any atom is -0.267 e. The minimum absolute atomic E-state index is 0.229. The number of aromatic nitrogens is 1. The number of carbonyl (C=O) groups excluding carboxylic acids is 1. The highest BCUT2D eigenvalue weighted by atomic mass is 32.1. The van der Waals surface area contributed by atoms with Gasteiger partial charge < -0.3 is 0 Å². The molecular formula is C17H15N3OS. The summed E-state index contributed by atoms with van der Waals surface area (Å²) in [5.41, 5.74) is 5.94. The van der Waals surface area contributed by atoms with Gasteiger partial charge in [0.2, 0.25) is 0 Å². The van der Waals surface area contributed by atoms with Gasteiger partial charge in [-0.15, -0.1) is 11.3 Å². The summed E-state index contributed by atoms with van der Waals surface area (Å²) in [5, 5.41) is 6.88. The predicted molar refractivity (Wildman–Crippen MR) is 90.6 cm³/mol. The maximum absolute atomic E-state index is 12.4. The van der Waals surface area contributed by atoms with Crippen LogP contribution >= 0.6 is 11.3 Å². The Labute approximate surface area is 132 Å². The molecule has 0 aliphatic rings. The van der Waals surface area contributed by atoms with Crippen molar-refractivity contribution in [3.05, 3.63) is 63.5 Å². The van der Waals surface area contributed by atoms with Crippen LogP contribution in [0.15, 0.2) is 46.9 Å². The molecule has 2 aromatic heterocycles. The van der Waals surface area contributed by atoms with Gasteiger partial charge in [-0.25, -0.2) is 5.43 Å². The van der Waals surface area contributed by atoms with Crippen LogP contribution in [0.5, 0.6) is 0 Å². The molecule has 0 saturated carbocycles. The molecule has 22 heavy (non-hydrogen) atoms. The summed E-state index contributed by atoms with van der Waals surface area (Å²) < 4.78 is 0. The zero-order valence-corrected chi connectivity index (χ0v) is 13.1. The zero-order chi connectivity index (χ0) is 15.5. The quantitative estimate of drug-likeness (QED) is 0.593. The van der Waals surface area contributed by atoms with Crippen LogP contribution in [0.2, 0.25) is 0 Å². The lowest BCUT2D eigenvalue weighted by molar-refractivity contribution is 0.0956. The van der Waals surface area contributed by atoms with Crippen LogP contribution in [0.1, 0.15) is 26.5 Å². The first-order valence-corrected chi connectivity index (χ1v) is 7.77. The number of rotatable bonds is 3. The number of benzene rings is 1. The molecule has 0 atom stereocenters. The van der Waals surface area contributed by atoms with E-state index in [4.69, 9.17) is 0 Å². The van der Waals surface area contributed by atoms with Crippen LogP contribution in [-0.2, 0) is 0 Å². The predicted octanol–water partition coefficient (Wildman–Crippen LogP) is 3.68. The van der Waals surface area contributed by atoms with E-state index in [1.165, 1.54) is 0 Å². The number of para-hydroxylation sites is 1. The van der Waals surface area contributed by atoms with Crippen molar-refractivity contribution >= 4 is 34.4 Å². The molecule has 0 spiro atoms. The lowest BCUT2D eigenvalue weighted by Gasteiger charge is -2.06. The van der Waals surface area contributed by atoms with Crippen LogP contribution in [0.3, 0.4) is 0 Å². The molecule has 4 nitrogen and oxygen atoms in total. The van der Waals surface area contributed by atoms with E-state index in [0.717, 1.165) is 27.0 Å². The first-order chi connectivity index (χ1) is 10.6. The van der Waals surface area contributed by atoms with Crippen molar-refractivity contribution in [3.8, 4) is 0 Å². The van der Waals surface area contributed by atoms with Crippen LogP contribution in [0.25, 0.3) is 10.9 Å². The van der Waals surface area contributed by atoms with Gasteiger partial charge in [-0.3, -0.25) is 9.78 Å². The van der Waals surface area contributed by atoms with E-state index in [9.17, 15) is 4.79 Å². The van der Waals surface area contributed by atoms with Crippen molar-refractivity contribution in [2.75, 3.05) is 0 Å². The summed E-state index contributed by atoms with van der Waals surface area (Å²) >= 11 is 1.59. The van der Waals surface area contributed by atoms with Gasteiger partial charge in [0.05, 0.1) is 17.3 Å². The van der Waals surface area contributed by atoms with Crippen molar-refractivity contribution in [3.63, 3.8) is 0 Å². The lowest BCUT2D eigenvalue weighted by atomic mass is 10.1. The van der Waals surface area contributed by atoms with E-state index in [2.05, 4.69) is 15.5 Å². The van der Waals surface area contributed by atoms with Gasteiger partial charge in [0.25, 0.3) is 5.91 Å². The fourth-order valence-corrected chi connectivity index (χ4v) is 3.01. The smallest absolute Gasteiger partial charge is 0.267 e. The van der Waals surface area contributed by atoms with Crippen LogP contribution in [0, 0.1) is 13.8 Å². The normalized spacial score (nSPS) is 11.2. The standard InChI is InChI=1S/C17H15N3OS/c1-11-7-8-22-16(11)10-18-20-17(21)14-9-12(2)19-15-6-4-3-5-13(14)15/h3-10H,1-2H3,(H,20,21)/b18-10+. The van der Waals surface area contributed by atoms with Gasteiger partial charge in [-0.1, -0.05) is 18.2 Å². The summed E-state index contributed by atoms with van der Waals surface area (Å²) in [6.45, 7) is 3.89. The molecular weight excluding hydrogens is 294 g/mol. The largest absolute Gasteiger partial charge is 0.272 e. The van der Waals surface area contributed by atoms with Crippen molar-refractivity contribution in [1.29, 1.82) is 0 Å². The van der Waals surface area contributed by atoms with E-state index < -0.39 is 0 Å². The van der Waals surface area contributed by atoms with Crippen molar-refractivity contribution in [2.45, 2.75) is 13.8 Å². The molecule has 0 radical (unpaired) electrons. The summed E-state index contributed by atoms with van der Waals surface area (Å²) in [4.78, 5) is 17.8. The zero-order valence-electron chi connectivity index (χ0n) is 12.3. The van der Waals surface area contributed by atoms with Gasteiger partial charge in [0, 0.05) is 16.0 Å². The number of nitrogens with one attached hydrogen (secondary N) is 1. The van der Waals surface area contributed by atoms with E-state index in [-0.39, 0.29) is 5.91 Å². The van der Waals surface area contributed by atoms with E-state index in [1.54, 1.807) is 23.6 Å². The molecule has 0 aliphatic heterocycles. The molecule has 0 bridgehead atoms. The van der Waals surface area contributed by atoms with Crippen LogP contribution in [-0.4, -0.2) is 17.1 Å². The Balaban J connectivity index is 1.86. The molecule has 110 valence electrons. The highest BCUT2D eigenvalue weighted by Crippen LogP contribution is 2.18. The number of nitrogens with zero attached hydrogens (tertiary/aromatic N) is 2. The number of fused-ring (bicyclic) bond motifs is 1. The fourth-order valence-electron chi connectivity index (χ4n) is 2.22. The number of carbonyl (C=O) groups is 1. The second kappa shape index (κ2) is 6.07. The Morgan fingerprint density at radius 1 is 1.27 bits per heavy atom. The molecule has 1 N–H and O–H groups in total. The molecule has 0 fully saturated rings. The maximum Gasteiger partial charge on any atom is 0.272 e. The Kier molecular flexibility index (Phi) is 3.98. The molecule has 1 amide bonds. The number of hydrogen-bond acceptors (Lipinski definition) is 4. The van der Waals surface area contributed by atoms with Gasteiger partial charge >= 0.3 is 0 Å². The maximum atomic E-state index is 12.4. The Morgan fingerprint density at radius 2 is 2.09 bits per heavy atom. The molecule has 3 rings (SSSR count). The first kappa shape index (κ1) is 14.4. The first-order valence-electron chi connectivity index (χ1n) is 6.89. The highest BCUT2D eigenvalue weighted by molar-refractivity contribution is 7.11. The van der Waals surface area contributed by atoms with Crippen molar-refractivity contribution in [1.82, 2.24) is 10.4 Å². The Bertz CT molecular complexity index is 867. The Hall–Kier alpha value is -2.53. The number of pyridine rings is 1. The second-order valence-electron chi connectivity index (χ2n) is 5.00. The third-order valence-electron chi connectivity index (χ3n) is 3.34. The average Bonchev–Trinajstić information content (AvgIpc) is 2.91. The van der Waals surface area contributed by atoms with Gasteiger partial charge in [-0.2, -0.15) is 5.10 Å². The highest BCUT2D eigenvalue weighted by Gasteiger charge is 2.11. The number of amides is 1. The van der Waals surface area contributed by atoms with Crippen LogP contribution < -0.4 is 5.43 Å². The molecule has 0 saturated heterocycles. The number of thiophene rings is 1. The van der Waals surface area contributed by atoms with Crippen molar-refractivity contribution < 1.29 is 4.79 Å². The topological polar surface area (TPSA) is 54.4 Å². The fraction of sp³-hybridized carbons (Fsp3) is 0.118. The summed E-state index contributed by atoms with van der Waals surface area (Å²) in [6, 6.07) is 11.4. The second-order valence-corrected chi connectivity index (χ2v) is 5.94.